The lowest BCUT2D eigenvalue weighted by Gasteiger charge is -2.31. The number of imide groups is 1. The van der Waals surface area contributed by atoms with Crippen molar-refractivity contribution in [2.75, 3.05) is 6.54 Å². The average Bonchev–Trinajstić information content (AvgIpc) is 2.91. The maximum atomic E-state index is 12.5. The molecule has 0 saturated heterocycles. The summed E-state index contributed by atoms with van der Waals surface area (Å²) in [4.78, 5) is 38.5. The van der Waals surface area contributed by atoms with Crippen LogP contribution in [0.15, 0.2) is 18.2 Å². The van der Waals surface area contributed by atoms with Crippen LogP contribution in [0, 0.1) is 11.8 Å². The van der Waals surface area contributed by atoms with Gasteiger partial charge in [-0.25, -0.2) is 0 Å². The van der Waals surface area contributed by atoms with Crippen LogP contribution in [0.3, 0.4) is 0 Å². The zero-order valence-electron chi connectivity index (χ0n) is 16.1. The van der Waals surface area contributed by atoms with E-state index in [-0.39, 0.29) is 35.6 Å². The summed E-state index contributed by atoms with van der Waals surface area (Å²) >= 11 is 0. The second-order valence-electron chi connectivity index (χ2n) is 7.90. The lowest BCUT2D eigenvalue weighted by Crippen LogP contribution is -2.32. The van der Waals surface area contributed by atoms with Crippen LogP contribution in [0.25, 0.3) is 0 Å². The predicted molar refractivity (Wildman–Crippen MR) is 103 cm³/mol. The maximum absolute atomic E-state index is 12.5. The minimum Gasteiger partial charge on any atom is -0.507 e. The number of Topliss-reactive ketones (excluding diaryl/α,β-unsaturated/α-hetero) is 1. The van der Waals surface area contributed by atoms with E-state index in [1.54, 1.807) is 6.07 Å². The number of amides is 2. The molecule has 1 aromatic carbocycles. The number of aromatic hydroxyl groups is 1. The summed E-state index contributed by atoms with van der Waals surface area (Å²) in [5.41, 5.74) is 0.279. The molecule has 1 fully saturated rings. The van der Waals surface area contributed by atoms with Gasteiger partial charge in [-0.3, -0.25) is 19.3 Å². The topological polar surface area (TPSA) is 74.7 Å². The molecular formula is C22H29NO4. The van der Waals surface area contributed by atoms with Crippen LogP contribution in [0.1, 0.15) is 85.4 Å². The molecule has 1 saturated carbocycles. The highest BCUT2D eigenvalue weighted by Gasteiger charge is 2.37. The Balaban J connectivity index is 1.56. The van der Waals surface area contributed by atoms with E-state index in [1.165, 1.54) is 50.7 Å². The van der Waals surface area contributed by atoms with Crippen LogP contribution in [0.4, 0.5) is 0 Å². The Kier molecular flexibility index (Phi) is 6.30. The van der Waals surface area contributed by atoms with Crippen molar-refractivity contribution in [3.8, 4) is 5.75 Å². The van der Waals surface area contributed by atoms with Gasteiger partial charge >= 0.3 is 0 Å². The summed E-state index contributed by atoms with van der Waals surface area (Å²) in [6.45, 7) is 2.29. The number of hydrogen-bond acceptors (Lipinski definition) is 4. The normalized spacial score (nSPS) is 22.2. The number of carbonyl (C=O) groups excluding carboxylic acids is 3. The first-order valence-corrected chi connectivity index (χ1v) is 10.2. The third-order valence-corrected chi connectivity index (χ3v) is 6.08. The monoisotopic (exact) mass is 371 g/mol. The molecule has 2 atom stereocenters. The third kappa shape index (κ3) is 4.23. The van der Waals surface area contributed by atoms with Crippen LogP contribution >= 0.6 is 0 Å². The molecule has 1 aromatic rings. The number of rotatable bonds is 8. The van der Waals surface area contributed by atoms with Crippen LogP contribution in [0.2, 0.25) is 0 Å². The highest BCUT2D eigenvalue weighted by molar-refractivity contribution is 6.22. The van der Waals surface area contributed by atoms with Crippen LogP contribution in [0.5, 0.6) is 5.75 Å². The Hall–Kier alpha value is -2.17. The smallest absolute Gasteiger partial charge is 0.265 e. The van der Waals surface area contributed by atoms with Gasteiger partial charge < -0.3 is 5.11 Å². The fourth-order valence-electron chi connectivity index (χ4n) is 4.55. The van der Waals surface area contributed by atoms with Gasteiger partial charge in [0.05, 0.1) is 11.1 Å². The molecule has 27 heavy (non-hydrogen) atoms. The lowest BCUT2D eigenvalue weighted by atomic mass is 9.74. The van der Waals surface area contributed by atoms with E-state index in [9.17, 15) is 19.5 Å². The van der Waals surface area contributed by atoms with Crippen molar-refractivity contribution in [2.24, 2.45) is 11.8 Å². The van der Waals surface area contributed by atoms with Gasteiger partial charge in [0.2, 0.25) is 0 Å². The highest BCUT2D eigenvalue weighted by Crippen LogP contribution is 2.36. The summed E-state index contributed by atoms with van der Waals surface area (Å²) in [7, 11) is 0. The van der Waals surface area contributed by atoms with E-state index in [1.807, 2.05) is 0 Å². The first kappa shape index (κ1) is 19.6. The van der Waals surface area contributed by atoms with Gasteiger partial charge in [-0.2, -0.15) is 0 Å². The lowest BCUT2D eigenvalue weighted by molar-refractivity contribution is -0.120. The predicted octanol–water partition coefficient (Wildman–Crippen LogP) is 4.33. The Labute approximate surface area is 160 Å². The van der Waals surface area contributed by atoms with Crippen molar-refractivity contribution in [2.45, 2.75) is 64.7 Å². The van der Waals surface area contributed by atoms with Gasteiger partial charge in [0.25, 0.3) is 11.8 Å². The molecule has 0 radical (unpaired) electrons. The minimum atomic E-state index is -0.501. The van der Waals surface area contributed by atoms with Gasteiger partial charge in [-0.05, 0) is 30.4 Å². The second-order valence-corrected chi connectivity index (χ2v) is 7.90. The van der Waals surface area contributed by atoms with E-state index in [0.29, 0.717) is 18.3 Å². The van der Waals surface area contributed by atoms with Gasteiger partial charge in [0.15, 0.2) is 0 Å². The first-order chi connectivity index (χ1) is 13.0. The number of carbonyl (C=O) groups is 3. The molecule has 2 amide bonds. The van der Waals surface area contributed by atoms with Gasteiger partial charge in [0.1, 0.15) is 11.5 Å². The van der Waals surface area contributed by atoms with Gasteiger partial charge in [-0.1, -0.05) is 51.5 Å². The molecule has 1 aliphatic carbocycles. The third-order valence-electron chi connectivity index (χ3n) is 6.08. The molecular weight excluding hydrogens is 342 g/mol. The van der Waals surface area contributed by atoms with Crippen molar-refractivity contribution >= 4 is 17.6 Å². The quantitative estimate of drug-likeness (QED) is 0.690. The van der Waals surface area contributed by atoms with Gasteiger partial charge in [-0.15, -0.1) is 0 Å². The van der Waals surface area contributed by atoms with E-state index < -0.39 is 11.8 Å². The van der Waals surface area contributed by atoms with Gasteiger partial charge in [0, 0.05) is 19.4 Å². The second kappa shape index (κ2) is 8.68. The Bertz CT molecular complexity index is 727. The van der Waals surface area contributed by atoms with E-state index in [0.717, 1.165) is 11.3 Å². The Morgan fingerprint density at radius 3 is 2.59 bits per heavy atom. The molecule has 3 rings (SSSR count). The van der Waals surface area contributed by atoms with E-state index >= 15 is 0 Å². The molecule has 0 spiro atoms. The maximum Gasteiger partial charge on any atom is 0.265 e. The molecule has 1 N–H and O–H groups in total. The standard InChI is InChI=1S/C22H29NO4/c1-2-3-7-15-8-4-5-9-16(15)14-17(24)12-13-23-21(26)18-10-6-11-19(25)20(18)22(23)27/h6,10-11,15-16,25H,2-5,7-9,12-14H2,1H3. The fraction of sp³-hybridized carbons (Fsp3) is 0.591. The molecule has 146 valence electrons. The molecule has 5 heteroatoms. The highest BCUT2D eigenvalue weighted by atomic mass is 16.3. The summed E-state index contributed by atoms with van der Waals surface area (Å²) in [5.74, 6) is 0.115. The fourth-order valence-corrected chi connectivity index (χ4v) is 4.55. The van der Waals surface area contributed by atoms with Crippen LogP contribution < -0.4 is 0 Å². The van der Waals surface area contributed by atoms with Crippen molar-refractivity contribution in [1.82, 2.24) is 4.90 Å². The van der Waals surface area contributed by atoms with Crippen LogP contribution in [-0.4, -0.2) is 34.1 Å². The number of phenols is 1. The van der Waals surface area contributed by atoms with E-state index in [2.05, 4.69) is 6.92 Å². The Morgan fingerprint density at radius 2 is 1.89 bits per heavy atom. The number of nitrogens with zero attached hydrogens (tertiary/aromatic N) is 1. The number of benzene rings is 1. The number of hydrogen-bond donors (Lipinski definition) is 1. The van der Waals surface area contributed by atoms with Crippen molar-refractivity contribution < 1.29 is 19.5 Å². The van der Waals surface area contributed by atoms with Crippen LogP contribution in [-0.2, 0) is 4.79 Å². The summed E-state index contributed by atoms with van der Waals surface area (Å²) < 4.78 is 0. The summed E-state index contributed by atoms with van der Waals surface area (Å²) in [5, 5.41) is 9.86. The molecule has 2 unspecified atom stereocenters. The molecule has 1 heterocycles. The molecule has 1 aliphatic heterocycles. The van der Waals surface area contributed by atoms with Crippen molar-refractivity contribution in [1.29, 1.82) is 0 Å². The molecule has 2 aliphatic rings. The summed E-state index contributed by atoms with van der Waals surface area (Å²) in [6, 6.07) is 4.49. The zero-order chi connectivity index (χ0) is 19.4. The first-order valence-electron chi connectivity index (χ1n) is 10.2. The largest absolute Gasteiger partial charge is 0.507 e. The van der Waals surface area contributed by atoms with Crippen molar-refractivity contribution in [3.63, 3.8) is 0 Å². The average molecular weight is 371 g/mol. The SMILES string of the molecule is CCCCC1CCCCC1CC(=O)CCN1C(=O)c2cccc(O)c2C1=O. The summed E-state index contributed by atoms with van der Waals surface area (Å²) in [6.07, 6.45) is 9.14. The number of unbranched alkanes of at least 4 members (excludes halogenated alkanes) is 1. The number of fused-ring (bicyclic) bond motifs is 1. The minimum absolute atomic E-state index is 0.0573. The van der Waals surface area contributed by atoms with Crippen molar-refractivity contribution in [3.05, 3.63) is 29.3 Å². The molecule has 5 nitrogen and oxygen atoms in total. The number of ketones is 1. The number of phenolic OH excluding ortho intramolecular Hbond substituents is 1. The zero-order valence-corrected chi connectivity index (χ0v) is 16.1. The Morgan fingerprint density at radius 1 is 1.15 bits per heavy atom. The van der Waals surface area contributed by atoms with E-state index in [4.69, 9.17) is 0 Å². The molecule has 0 aromatic heterocycles. The molecule has 0 bridgehead atoms.